The van der Waals surface area contributed by atoms with E-state index in [2.05, 4.69) is 5.32 Å². The number of thioether (sulfide) groups is 1. The molecule has 0 spiro atoms. The van der Waals surface area contributed by atoms with E-state index in [9.17, 15) is 23.1 Å². The van der Waals surface area contributed by atoms with E-state index in [1.54, 1.807) is 20.8 Å². The fourth-order valence-corrected chi connectivity index (χ4v) is 2.57. The normalized spacial score (nSPS) is 15.5. The lowest BCUT2D eigenvalue weighted by Crippen LogP contribution is -2.45. The number of hydrogen-bond donors (Lipinski definition) is 2. The molecule has 0 aliphatic rings. The van der Waals surface area contributed by atoms with Crippen LogP contribution in [0.1, 0.15) is 41.0 Å². The van der Waals surface area contributed by atoms with Gasteiger partial charge in [-0.25, -0.2) is 4.79 Å². The standard InChI is InChI=1S/C14H26F3NO3S/c1-10(2)13(9-19,6-7-22-14(15,16)17)8-18-11(20)21-12(3,4)5/h10,19H,6-9H2,1-5H3,(H,18,20). The number of aliphatic hydroxyl groups excluding tert-OH is 1. The molecule has 8 heteroatoms. The Hall–Kier alpha value is -0.630. The molecule has 4 nitrogen and oxygen atoms in total. The van der Waals surface area contributed by atoms with Crippen LogP contribution < -0.4 is 5.32 Å². The van der Waals surface area contributed by atoms with Crippen LogP contribution in [0.25, 0.3) is 0 Å². The second-order valence-corrected chi connectivity index (χ2v) is 7.73. The summed E-state index contributed by atoms with van der Waals surface area (Å²) in [6.07, 6.45) is -0.504. The van der Waals surface area contributed by atoms with Crippen molar-refractivity contribution in [2.75, 3.05) is 18.9 Å². The number of carbonyl (C=O) groups is 1. The third-order valence-corrected chi connectivity index (χ3v) is 4.12. The molecule has 2 N–H and O–H groups in total. The smallest absolute Gasteiger partial charge is 0.441 e. The SMILES string of the molecule is CC(C)C(CO)(CCSC(F)(F)F)CNC(=O)OC(C)(C)C. The average Bonchev–Trinajstić information content (AvgIpc) is 2.29. The van der Waals surface area contributed by atoms with E-state index in [-0.39, 0.29) is 43.0 Å². The third-order valence-electron chi connectivity index (χ3n) is 3.39. The van der Waals surface area contributed by atoms with Gasteiger partial charge in [0.15, 0.2) is 0 Å². The van der Waals surface area contributed by atoms with E-state index in [1.165, 1.54) is 0 Å². The van der Waals surface area contributed by atoms with Crippen LogP contribution in [0.5, 0.6) is 0 Å². The lowest BCUT2D eigenvalue weighted by molar-refractivity contribution is -0.0332. The van der Waals surface area contributed by atoms with Crippen LogP contribution in [0.3, 0.4) is 0 Å². The van der Waals surface area contributed by atoms with Crippen LogP contribution >= 0.6 is 11.8 Å². The first-order chi connectivity index (χ1) is 9.81. The second-order valence-electron chi connectivity index (χ2n) is 6.57. The molecule has 0 saturated heterocycles. The van der Waals surface area contributed by atoms with Crippen molar-refractivity contribution in [1.29, 1.82) is 0 Å². The Balaban J connectivity index is 4.66. The van der Waals surface area contributed by atoms with Gasteiger partial charge in [0.2, 0.25) is 0 Å². The Morgan fingerprint density at radius 2 is 1.82 bits per heavy atom. The highest BCUT2D eigenvalue weighted by molar-refractivity contribution is 8.00. The molecule has 0 rings (SSSR count). The highest BCUT2D eigenvalue weighted by atomic mass is 32.2. The van der Waals surface area contributed by atoms with E-state index < -0.39 is 22.6 Å². The lowest BCUT2D eigenvalue weighted by Gasteiger charge is -2.36. The van der Waals surface area contributed by atoms with Crippen LogP contribution in [-0.4, -0.2) is 41.2 Å². The van der Waals surface area contributed by atoms with Gasteiger partial charge in [-0.15, -0.1) is 0 Å². The zero-order chi connectivity index (χ0) is 17.6. The molecule has 132 valence electrons. The maximum Gasteiger partial charge on any atom is 0.441 e. The number of halogens is 3. The predicted molar refractivity (Wildman–Crippen MR) is 81.7 cm³/mol. The molecular formula is C14H26F3NO3S. The van der Waals surface area contributed by atoms with Gasteiger partial charge >= 0.3 is 11.6 Å². The predicted octanol–water partition coefficient (Wildman–Crippen LogP) is 3.79. The van der Waals surface area contributed by atoms with Gasteiger partial charge in [-0.3, -0.25) is 0 Å². The summed E-state index contributed by atoms with van der Waals surface area (Å²) in [4.78, 5) is 11.7. The van der Waals surface area contributed by atoms with Crippen molar-refractivity contribution in [3.05, 3.63) is 0 Å². The van der Waals surface area contributed by atoms with Crippen molar-refractivity contribution in [2.45, 2.75) is 52.1 Å². The largest absolute Gasteiger partial charge is 0.444 e. The minimum absolute atomic E-state index is 0.0640. The first-order valence-corrected chi connectivity index (χ1v) is 8.08. The Bertz CT molecular complexity index is 356. The van der Waals surface area contributed by atoms with E-state index in [0.717, 1.165) is 0 Å². The van der Waals surface area contributed by atoms with Crippen molar-refractivity contribution in [3.8, 4) is 0 Å². The highest BCUT2D eigenvalue weighted by Gasteiger charge is 2.36. The summed E-state index contributed by atoms with van der Waals surface area (Å²) in [6, 6.07) is 0. The van der Waals surface area contributed by atoms with Gasteiger partial charge < -0.3 is 15.2 Å². The minimum Gasteiger partial charge on any atom is -0.444 e. The van der Waals surface area contributed by atoms with Crippen molar-refractivity contribution < 1.29 is 27.8 Å². The number of alkyl halides is 3. The summed E-state index contributed by atoms with van der Waals surface area (Å²) in [7, 11) is 0. The van der Waals surface area contributed by atoms with Gasteiger partial charge in [0.1, 0.15) is 5.60 Å². The maximum atomic E-state index is 12.2. The molecule has 0 saturated carbocycles. The first-order valence-electron chi connectivity index (χ1n) is 7.10. The Labute approximate surface area is 134 Å². The van der Waals surface area contributed by atoms with Crippen LogP contribution in [0, 0.1) is 11.3 Å². The molecular weight excluding hydrogens is 319 g/mol. The van der Waals surface area contributed by atoms with Crippen LogP contribution in [0.4, 0.5) is 18.0 Å². The molecule has 0 aliphatic carbocycles. The third kappa shape index (κ3) is 8.73. The molecule has 22 heavy (non-hydrogen) atoms. The van der Waals surface area contributed by atoms with Gasteiger partial charge in [0, 0.05) is 17.7 Å². The van der Waals surface area contributed by atoms with E-state index in [4.69, 9.17) is 4.74 Å². The summed E-state index contributed by atoms with van der Waals surface area (Å²) in [5, 5.41) is 12.2. The van der Waals surface area contributed by atoms with Crippen molar-refractivity contribution in [1.82, 2.24) is 5.32 Å². The number of hydrogen-bond acceptors (Lipinski definition) is 4. The van der Waals surface area contributed by atoms with Crippen LogP contribution in [0.15, 0.2) is 0 Å². The highest BCUT2D eigenvalue weighted by Crippen LogP contribution is 2.36. The van der Waals surface area contributed by atoms with Gasteiger partial charge in [-0.1, -0.05) is 25.6 Å². The molecule has 0 aliphatic heterocycles. The molecule has 0 aromatic carbocycles. The number of carbonyl (C=O) groups excluding carboxylic acids is 1. The second kappa shape index (κ2) is 8.29. The maximum absolute atomic E-state index is 12.2. The van der Waals surface area contributed by atoms with Crippen molar-refractivity contribution in [3.63, 3.8) is 0 Å². The van der Waals surface area contributed by atoms with Crippen LogP contribution in [0.2, 0.25) is 0 Å². The van der Waals surface area contributed by atoms with Crippen molar-refractivity contribution >= 4 is 17.9 Å². The summed E-state index contributed by atoms with van der Waals surface area (Å²) in [6.45, 7) is 8.53. The summed E-state index contributed by atoms with van der Waals surface area (Å²) in [5.74, 6) is -0.264. The molecule has 0 fully saturated rings. The first kappa shape index (κ1) is 21.4. The molecule has 1 unspecified atom stereocenters. The summed E-state index contributed by atoms with van der Waals surface area (Å²) in [5.41, 5.74) is -5.76. The lowest BCUT2D eigenvalue weighted by atomic mass is 9.75. The zero-order valence-corrected chi connectivity index (χ0v) is 14.5. The number of rotatable bonds is 7. The van der Waals surface area contributed by atoms with E-state index in [1.807, 2.05) is 13.8 Å². The number of amides is 1. The number of alkyl carbamates (subject to hydrolysis) is 1. The van der Waals surface area contributed by atoms with E-state index >= 15 is 0 Å². The molecule has 0 bridgehead atoms. The fourth-order valence-electron chi connectivity index (χ4n) is 1.83. The molecule has 0 radical (unpaired) electrons. The Morgan fingerprint density at radius 1 is 1.27 bits per heavy atom. The molecule has 1 atom stereocenters. The summed E-state index contributed by atoms with van der Waals surface area (Å²) >= 11 is -0.118. The average molecular weight is 345 g/mol. The van der Waals surface area contributed by atoms with Gasteiger partial charge in [0.05, 0.1) is 6.61 Å². The molecule has 1 amide bonds. The molecule has 0 aromatic heterocycles. The number of aliphatic hydroxyl groups is 1. The summed E-state index contributed by atoms with van der Waals surface area (Å²) < 4.78 is 41.8. The zero-order valence-electron chi connectivity index (χ0n) is 13.7. The van der Waals surface area contributed by atoms with E-state index in [0.29, 0.717) is 0 Å². The monoisotopic (exact) mass is 345 g/mol. The van der Waals surface area contributed by atoms with Gasteiger partial charge in [-0.2, -0.15) is 13.2 Å². The molecule has 0 aromatic rings. The van der Waals surface area contributed by atoms with Crippen LogP contribution in [-0.2, 0) is 4.74 Å². The number of nitrogens with one attached hydrogen (secondary N) is 1. The Kier molecular flexibility index (Phi) is 8.05. The topological polar surface area (TPSA) is 58.6 Å². The minimum atomic E-state index is -4.29. The van der Waals surface area contributed by atoms with Crippen molar-refractivity contribution in [2.24, 2.45) is 11.3 Å². The Morgan fingerprint density at radius 3 is 2.18 bits per heavy atom. The quantitative estimate of drug-likeness (QED) is 0.737. The molecule has 0 heterocycles. The fraction of sp³-hybridized carbons (Fsp3) is 0.929. The number of ether oxygens (including phenoxy) is 1. The van der Waals surface area contributed by atoms with Gasteiger partial charge in [-0.05, 0) is 33.1 Å². The van der Waals surface area contributed by atoms with Gasteiger partial charge in [0.25, 0.3) is 0 Å².